The molecule has 0 saturated heterocycles. The van der Waals surface area contributed by atoms with E-state index in [1.54, 1.807) is 54.6 Å². The third kappa shape index (κ3) is 6.32. The minimum absolute atomic E-state index is 0.261. The number of carbonyl (C=O) groups is 2. The molecule has 2 N–H and O–H groups in total. The van der Waals surface area contributed by atoms with Crippen molar-refractivity contribution in [1.29, 1.82) is 0 Å². The lowest BCUT2D eigenvalue weighted by molar-refractivity contribution is -0.116. The zero-order valence-corrected chi connectivity index (χ0v) is 18.6. The average Bonchev–Trinajstić information content (AvgIpc) is 2.73. The van der Waals surface area contributed by atoms with E-state index < -0.39 is 22.0 Å². The molecule has 0 aliphatic heterocycles. The summed E-state index contributed by atoms with van der Waals surface area (Å²) >= 11 is 0. The van der Waals surface area contributed by atoms with Gasteiger partial charge >= 0.3 is 0 Å². The highest BCUT2D eigenvalue weighted by molar-refractivity contribution is 7.92. The van der Waals surface area contributed by atoms with E-state index in [0.717, 1.165) is 10.6 Å². The predicted molar refractivity (Wildman–Crippen MR) is 122 cm³/mol. The van der Waals surface area contributed by atoms with Crippen molar-refractivity contribution in [3.8, 4) is 5.75 Å². The Balaban J connectivity index is 2.29. The molecule has 0 radical (unpaired) electrons. The molecule has 2 amide bonds. The van der Waals surface area contributed by atoms with Crippen LogP contribution in [0.3, 0.4) is 0 Å². The molecular formula is C22H27N3O5S. The number of amides is 2. The quantitative estimate of drug-likeness (QED) is 0.547. The van der Waals surface area contributed by atoms with E-state index >= 15 is 0 Å². The number of nitrogens with zero attached hydrogens (tertiary/aromatic N) is 1. The van der Waals surface area contributed by atoms with Gasteiger partial charge in [0.25, 0.3) is 5.91 Å². The second-order valence-electron chi connectivity index (χ2n) is 6.70. The molecule has 1 atom stereocenters. The summed E-state index contributed by atoms with van der Waals surface area (Å²) in [6, 6.07) is 11.8. The first kappa shape index (κ1) is 23.9. The maximum Gasteiger partial charge on any atom is 0.253 e. The highest BCUT2D eigenvalue weighted by Crippen LogP contribution is 2.25. The lowest BCUT2D eigenvalue weighted by atomic mass is 10.1. The van der Waals surface area contributed by atoms with Gasteiger partial charge in [0.15, 0.2) is 0 Å². The van der Waals surface area contributed by atoms with E-state index in [4.69, 9.17) is 4.74 Å². The van der Waals surface area contributed by atoms with Crippen LogP contribution in [0.1, 0.15) is 24.2 Å². The van der Waals surface area contributed by atoms with E-state index in [9.17, 15) is 18.0 Å². The molecule has 2 aromatic rings. The van der Waals surface area contributed by atoms with Crippen LogP contribution in [-0.2, 0) is 14.8 Å². The number of para-hydroxylation sites is 1. The molecule has 2 aromatic carbocycles. The molecule has 0 spiro atoms. The summed E-state index contributed by atoms with van der Waals surface area (Å²) in [7, 11) is -3.78. The fraction of sp³-hybridized carbons (Fsp3) is 0.273. The Bertz CT molecular complexity index is 1040. The van der Waals surface area contributed by atoms with Gasteiger partial charge in [-0.15, -0.1) is 6.58 Å². The maximum absolute atomic E-state index is 12.9. The SMILES string of the molecule is C=CCNC(=O)c1ccccc1NC(=O)[C@H](C)N(c1ccc(OCC)cc1)S(C)(=O)=O. The highest BCUT2D eigenvalue weighted by atomic mass is 32.2. The zero-order chi connectivity index (χ0) is 23.0. The number of anilines is 2. The number of ether oxygens (including phenoxy) is 1. The smallest absolute Gasteiger partial charge is 0.253 e. The van der Waals surface area contributed by atoms with Crippen LogP contribution in [-0.4, -0.2) is 45.7 Å². The van der Waals surface area contributed by atoms with E-state index in [1.807, 2.05) is 6.92 Å². The standard InChI is InChI=1S/C22H27N3O5S/c1-5-15-23-22(27)19-9-7-8-10-20(19)24-21(26)16(3)25(31(4,28)29)17-11-13-18(14-12-17)30-6-2/h5,7-14,16H,1,6,15H2,2-4H3,(H,23,27)(H,24,26)/t16-/m0/s1. The van der Waals surface area contributed by atoms with Crippen LogP contribution in [0.4, 0.5) is 11.4 Å². The maximum atomic E-state index is 12.9. The van der Waals surface area contributed by atoms with Crippen molar-refractivity contribution >= 4 is 33.2 Å². The van der Waals surface area contributed by atoms with Crippen molar-refractivity contribution < 1.29 is 22.7 Å². The van der Waals surface area contributed by atoms with Crippen LogP contribution in [0.2, 0.25) is 0 Å². The third-order valence-corrected chi connectivity index (χ3v) is 5.57. The average molecular weight is 446 g/mol. The first-order valence-electron chi connectivity index (χ1n) is 9.70. The largest absolute Gasteiger partial charge is 0.494 e. The van der Waals surface area contributed by atoms with Gasteiger partial charge in [-0.25, -0.2) is 8.42 Å². The van der Waals surface area contributed by atoms with Gasteiger partial charge in [-0.05, 0) is 50.2 Å². The van der Waals surface area contributed by atoms with Gasteiger partial charge in [-0.1, -0.05) is 18.2 Å². The summed E-state index contributed by atoms with van der Waals surface area (Å²) in [5.74, 6) is -0.366. The Morgan fingerprint density at radius 2 is 1.81 bits per heavy atom. The van der Waals surface area contributed by atoms with Crippen molar-refractivity contribution in [2.75, 3.05) is 29.0 Å². The summed E-state index contributed by atoms with van der Waals surface area (Å²) in [6.07, 6.45) is 2.58. The fourth-order valence-corrected chi connectivity index (χ4v) is 4.13. The number of hydrogen-bond donors (Lipinski definition) is 2. The summed E-state index contributed by atoms with van der Waals surface area (Å²) in [6.45, 7) is 7.63. The van der Waals surface area contributed by atoms with Crippen LogP contribution in [0, 0.1) is 0 Å². The lowest BCUT2D eigenvalue weighted by Crippen LogP contribution is -2.45. The van der Waals surface area contributed by atoms with E-state index in [1.165, 1.54) is 6.92 Å². The molecule has 166 valence electrons. The van der Waals surface area contributed by atoms with Gasteiger partial charge in [0.2, 0.25) is 15.9 Å². The topological polar surface area (TPSA) is 105 Å². The van der Waals surface area contributed by atoms with Crippen molar-refractivity contribution in [2.24, 2.45) is 0 Å². The number of benzene rings is 2. The fourth-order valence-electron chi connectivity index (χ4n) is 2.95. The van der Waals surface area contributed by atoms with Gasteiger partial charge in [0, 0.05) is 6.54 Å². The van der Waals surface area contributed by atoms with Crippen LogP contribution in [0.5, 0.6) is 5.75 Å². The summed E-state index contributed by atoms with van der Waals surface area (Å²) < 4.78 is 31.4. The van der Waals surface area contributed by atoms with Crippen LogP contribution in [0.15, 0.2) is 61.2 Å². The van der Waals surface area contributed by atoms with Crippen molar-refractivity contribution in [3.63, 3.8) is 0 Å². The van der Waals surface area contributed by atoms with Gasteiger partial charge < -0.3 is 15.4 Å². The summed E-state index contributed by atoms with van der Waals surface area (Å²) in [4.78, 5) is 25.3. The van der Waals surface area contributed by atoms with Crippen molar-refractivity contribution in [1.82, 2.24) is 5.32 Å². The van der Waals surface area contributed by atoms with Crippen LogP contribution in [0.25, 0.3) is 0 Å². The lowest BCUT2D eigenvalue weighted by Gasteiger charge is -2.28. The Morgan fingerprint density at radius 3 is 2.39 bits per heavy atom. The minimum Gasteiger partial charge on any atom is -0.494 e. The molecule has 9 heteroatoms. The number of hydrogen-bond acceptors (Lipinski definition) is 5. The number of sulfonamides is 1. The van der Waals surface area contributed by atoms with Crippen LogP contribution < -0.4 is 19.7 Å². The molecule has 0 bridgehead atoms. The second kappa shape index (κ2) is 10.6. The third-order valence-electron chi connectivity index (χ3n) is 4.33. The molecular weight excluding hydrogens is 418 g/mol. The van der Waals surface area contributed by atoms with Crippen LogP contribution >= 0.6 is 0 Å². The molecule has 0 saturated carbocycles. The molecule has 0 aliphatic carbocycles. The predicted octanol–water partition coefficient (Wildman–Crippen LogP) is 2.79. The number of nitrogens with one attached hydrogen (secondary N) is 2. The van der Waals surface area contributed by atoms with Crippen molar-refractivity contribution in [3.05, 3.63) is 66.7 Å². The number of carbonyl (C=O) groups excluding carboxylic acids is 2. The van der Waals surface area contributed by atoms with Gasteiger partial charge in [0.1, 0.15) is 11.8 Å². The van der Waals surface area contributed by atoms with E-state index in [-0.39, 0.29) is 23.7 Å². The van der Waals surface area contributed by atoms with Gasteiger partial charge in [0.05, 0.1) is 29.8 Å². The Labute approximate surface area is 183 Å². The Kier molecular flexibility index (Phi) is 8.21. The summed E-state index contributed by atoms with van der Waals surface area (Å²) in [5.41, 5.74) is 0.864. The monoisotopic (exact) mass is 445 g/mol. The zero-order valence-electron chi connectivity index (χ0n) is 17.8. The molecule has 8 nitrogen and oxygen atoms in total. The van der Waals surface area contributed by atoms with Gasteiger partial charge in [-0.3, -0.25) is 13.9 Å². The first-order chi connectivity index (χ1) is 14.7. The normalized spacial score (nSPS) is 11.8. The van der Waals surface area contributed by atoms with E-state index in [2.05, 4.69) is 17.2 Å². The molecule has 0 fully saturated rings. The highest BCUT2D eigenvalue weighted by Gasteiger charge is 2.29. The first-order valence-corrected chi connectivity index (χ1v) is 11.5. The van der Waals surface area contributed by atoms with Gasteiger partial charge in [-0.2, -0.15) is 0 Å². The Morgan fingerprint density at radius 1 is 1.16 bits per heavy atom. The second-order valence-corrected chi connectivity index (χ2v) is 8.55. The number of rotatable bonds is 10. The molecule has 0 heterocycles. The molecule has 2 rings (SSSR count). The minimum atomic E-state index is -3.78. The molecule has 0 unspecified atom stereocenters. The summed E-state index contributed by atoms with van der Waals surface area (Å²) in [5, 5.41) is 5.32. The van der Waals surface area contributed by atoms with E-state index in [0.29, 0.717) is 18.0 Å². The molecule has 0 aliphatic rings. The molecule has 31 heavy (non-hydrogen) atoms. The molecule has 0 aromatic heterocycles. The van der Waals surface area contributed by atoms with Crippen molar-refractivity contribution in [2.45, 2.75) is 19.9 Å². The Hall–Kier alpha value is -3.33.